The molecular weight excluding hydrogens is 267 g/mol. The van der Waals surface area contributed by atoms with Crippen LogP contribution in [0.5, 0.6) is 0 Å². The van der Waals surface area contributed by atoms with Gasteiger partial charge in [-0.15, -0.1) is 0 Å². The summed E-state index contributed by atoms with van der Waals surface area (Å²) in [4.78, 5) is 11.5. The highest BCUT2D eigenvalue weighted by Gasteiger charge is 2.23. The first kappa shape index (κ1) is 12.6. The average molecular weight is 284 g/mol. The first-order valence-electron chi connectivity index (χ1n) is 7.40. The summed E-state index contributed by atoms with van der Waals surface area (Å²) in [7, 11) is 0. The van der Waals surface area contributed by atoms with Crippen LogP contribution in [-0.2, 0) is 0 Å². The van der Waals surface area contributed by atoms with Crippen LogP contribution in [0.4, 0.5) is 10.2 Å². The molecule has 1 fully saturated rings. The summed E-state index contributed by atoms with van der Waals surface area (Å²) in [6, 6.07) is 10.1. The van der Waals surface area contributed by atoms with Crippen molar-refractivity contribution in [3.8, 4) is 0 Å². The Morgan fingerprint density at radius 1 is 1.19 bits per heavy atom. The van der Waals surface area contributed by atoms with Gasteiger partial charge in [-0.2, -0.15) is 4.98 Å². The highest BCUT2D eigenvalue weighted by Crippen LogP contribution is 2.25. The van der Waals surface area contributed by atoms with E-state index < -0.39 is 0 Å². The molecule has 0 saturated carbocycles. The van der Waals surface area contributed by atoms with E-state index in [1.54, 1.807) is 0 Å². The van der Waals surface area contributed by atoms with Crippen molar-refractivity contribution < 1.29 is 4.39 Å². The molecule has 0 N–H and O–H groups in total. The third kappa shape index (κ3) is 2.13. The van der Waals surface area contributed by atoms with Crippen LogP contribution < -0.4 is 4.90 Å². The summed E-state index contributed by atoms with van der Waals surface area (Å²) in [6.07, 6.45) is 3.73. The minimum absolute atomic E-state index is 0.226. The smallest absolute Gasteiger partial charge is 0.236 e. The predicted octanol–water partition coefficient (Wildman–Crippen LogP) is 3.07. The van der Waals surface area contributed by atoms with Gasteiger partial charge in [-0.25, -0.2) is 4.98 Å². The van der Waals surface area contributed by atoms with Crippen molar-refractivity contribution in [3.05, 3.63) is 36.5 Å². The van der Waals surface area contributed by atoms with Crippen molar-refractivity contribution in [2.24, 2.45) is 5.92 Å². The zero-order valence-electron chi connectivity index (χ0n) is 11.7. The number of anilines is 1. The molecule has 1 unspecified atom stereocenters. The molecule has 3 aromatic rings. The number of aromatic nitrogens is 3. The van der Waals surface area contributed by atoms with Crippen molar-refractivity contribution in [3.63, 3.8) is 0 Å². The lowest BCUT2D eigenvalue weighted by Gasteiger charge is -2.17. The van der Waals surface area contributed by atoms with Crippen LogP contribution >= 0.6 is 0 Å². The lowest BCUT2D eigenvalue weighted by atomic mass is 10.1. The fourth-order valence-corrected chi connectivity index (χ4v) is 3.15. The maximum atomic E-state index is 12.5. The van der Waals surface area contributed by atoms with E-state index >= 15 is 0 Å². The molecule has 1 saturated heterocycles. The molecular formula is C16H17FN4. The molecule has 21 heavy (non-hydrogen) atoms. The second-order valence-electron chi connectivity index (χ2n) is 5.63. The maximum absolute atomic E-state index is 12.5. The van der Waals surface area contributed by atoms with Crippen LogP contribution in [0.15, 0.2) is 36.5 Å². The van der Waals surface area contributed by atoms with Crippen LogP contribution in [0.3, 0.4) is 0 Å². The van der Waals surface area contributed by atoms with E-state index in [0.29, 0.717) is 12.3 Å². The van der Waals surface area contributed by atoms with Crippen LogP contribution in [0, 0.1) is 5.92 Å². The number of benzene rings is 1. The lowest BCUT2D eigenvalue weighted by Crippen LogP contribution is -2.21. The molecule has 5 heteroatoms. The van der Waals surface area contributed by atoms with Crippen molar-refractivity contribution in [1.29, 1.82) is 0 Å². The quantitative estimate of drug-likeness (QED) is 0.741. The summed E-state index contributed by atoms with van der Waals surface area (Å²) in [5.41, 5.74) is 2.03. The Morgan fingerprint density at radius 3 is 3.00 bits per heavy atom. The summed E-state index contributed by atoms with van der Waals surface area (Å²) in [5, 5.41) is 0. The number of alkyl halides is 1. The minimum Gasteiger partial charge on any atom is -0.356 e. The maximum Gasteiger partial charge on any atom is 0.236 e. The Hall–Kier alpha value is -2.17. The summed E-state index contributed by atoms with van der Waals surface area (Å²) < 4.78 is 14.5. The van der Waals surface area contributed by atoms with Crippen molar-refractivity contribution in [2.45, 2.75) is 12.8 Å². The van der Waals surface area contributed by atoms with Gasteiger partial charge in [-0.3, -0.25) is 8.79 Å². The van der Waals surface area contributed by atoms with E-state index in [9.17, 15) is 4.39 Å². The zero-order valence-corrected chi connectivity index (χ0v) is 11.7. The Bertz CT molecular complexity index is 782. The van der Waals surface area contributed by atoms with Gasteiger partial charge in [0.15, 0.2) is 0 Å². The van der Waals surface area contributed by atoms with Gasteiger partial charge in [-0.05, 0) is 37.0 Å². The number of fused-ring (bicyclic) bond motifs is 3. The van der Waals surface area contributed by atoms with Gasteiger partial charge in [0.2, 0.25) is 5.78 Å². The number of hydrogen-bond donors (Lipinski definition) is 0. The second kappa shape index (κ2) is 4.98. The molecule has 0 spiro atoms. The van der Waals surface area contributed by atoms with Crippen molar-refractivity contribution in [1.82, 2.24) is 14.4 Å². The standard InChI is InChI=1S/C16H17FN4/c17-8-5-12-6-9-20(11-12)15-7-10-21-14-4-2-1-3-13(14)18-16(21)19-15/h1-4,7,10,12H,5-6,8-9,11H2. The molecule has 1 atom stereocenters. The van der Waals surface area contributed by atoms with E-state index in [4.69, 9.17) is 0 Å². The topological polar surface area (TPSA) is 33.4 Å². The highest BCUT2D eigenvalue weighted by molar-refractivity contribution is 5.79. The molecule has 1 aliphatic heterocycles. The number of imidazole rings is 1. The molecule has 1 aliphatic rings. The second-order valence-corrected chi connectivity index (χ2v) is 5.63. The summed E-state index contributed by atoms with van der Waals surface area (Å²) in [5.74, 6) is 2.12. The van der Waals surface area contributed by atoms with Gasteiger partial charge in [0, 0.05) is 19.3 Å². The van der Waals surface area contributed by atoms with E-state index in [2.05, 4.69) is 14.9 Å². The Labute approximate surface area is 122 Å². The molecule has 0 bridgehead atoms. The van der Waals surface area contributed by atoms with Crippen molar-refractivity contribution in [2.75, 3.05) is 24.7 Å². The third-order valence-electron chi connectivity index (χ3n) is 4.29. The Balaban J connectivity index is 1.69. The SMILES string of the molecule is FCCC1CCN(c2ccn3c(n2)nc2ccccc23)C1. The summed E-state index contributed by atoms with van der Waals surface area (Å²) >= 11 is 0. The van der Waals surface area contributed by atoms with Gasteiger partial charge in [0.1, 0.15) is 5.82 Å². The molecule has 3 heterocycles. The number of para-hydroxylation sites is 2. The first-order chi connectivity index (χ1) is 10.3. The molecule has 0 amide bonds. The van der Waals surface area contributed by atoms with Crippen LogP contribution in [0.2, 0.25) is 0 Å². The lowest BCUT2D eigenvalue weighted by molar-refractivity contribution is 0.405. The fraction of sp³-hybridized carbons (Fsp3) is 0.375. The number of nitrogens with zero attached hydrogens (tertiary/aromatic N) is 4. The Kier molecular flexibility index (Phi) is 2.98. The normalized spacial score (nSPS) is 18.9. The molecule has 4 nitrogen and oxygen atoms in total. The largest absolute Gasteiger partial charge is 0.356 e. The fourth-order valence-electron chi connectivity index (χ4n) is 3.15. The molecule has 1 aromatic carbocycles. The van der Waals surface area contributed by atoms with Crippen LogP contribution in [0.25, 0.3) is 16.8 Å². The number of hydrogen-bond acceptors (Lipinski definition) is 3. The molecule has 108 valence electrons. The number of rotatable bonds is 3. The molecule has 0 aliphatic carbocycles. The highest BCUT2D eigenvalue weighted by atomic mass is 19.1. The van der Waals surface area contributed by atoms with Gasteiger partial charge in [0.05, 0.1) is 17.7 Å². The van der Waals surface area contributed by atoms with Gasteiger partial charge < -0.3 is 4.90 Å². The Morgan fingerprint density at radius 2 is 2.10 bits per heavy atom. The third-order valence-corrected chi connectivity index (χ3v) is 4.29. The van der Waals surface area contributed by atoms with Gasteiger partial charge in [-0.1, -0.05) is 12.1 Å². The van der Waals surface area contributed by atoms with E-state index in [0.717, 1.165) is 42.1 Å². The first-order valence-corrected chi connectivity index (χ1v) is 7.40. The van der Waals surface area contributed by atoms with Gasteiger partial charge in [0.25, 0.3) is 0 Å². The van der Waals surface area contributed by atoms with Crippen LogP contribution in [-0.4, -0.2) is 34.1 Å². The van der Waals surface area contributed by atoms with Crippen molar-refractivity contribution >= 4 is 22.6 Å². The van der Waals surface area contributed by atoms with E-state index in [1.165, 1.54) is 0 Å². The number of halogens is 1. The molecule has 0 radical (unpaired) electrons. The predicted molar refractivity (Wildman–Crippen MR) is 81.4 cm³/mol. The average Bonchev–Trinajstić information content (AvgIpc) is 3.11. The monoisotopic (exact) mass is 284 g/mol. The van der Waals surface area contributed by atoms with E-state index in [1.807, 2.05) is 40.9 Å². The molecule has 4 rings (SSSR count). The molecule has 2 aromatic heterocycles. The van der Waals surface area contributed by atoms with E-state index in [-0.39, 0.29) is 6.67 Å². The minimum atomic E-state index is -0.226. The zero-order chi connectivity index (χ0) is 14.2. The van der Waals surface area contributed by atoms with Crippen LogP contribution in [0.1, 0.15) is 12.8 Å². The summed E-state index contributed by atoms with van der Waals surface area (Å²) in [6.45, 7) is 1.62. The van der Waals surface area contributed by atoms with Gasteiger partial charge >= 0.3 is 0 Å².